The van der Waals surface area contributed by atoms with Gasteiger partial charge in [0.05, 0.1) is 17.0 Å². The number of sulfonamides is 1. The van der Waals surface area contributed by atoms with Crippen LogP contribution in [0.5, 0.6) is 0 Å². The van der Waals surface area contributed by atoms with Gasteiger partial charge in [-0.25, -0.2) is 8.42 Å². The van der Waals surface area contributed by atoms with Crippen LogP contribution in [0.2, 0.25) is 0 Å². The second kappa shape index (κ2) is 4.89. The zero-order chi connectivity index (χ0) is 14.3. The molecular weight excluding hydrogens is 262 g/mol. The molecule has 0 spiro atoms. The lowest BCUT2D eigenvalue weighted by Crippen LogP contribution is -2.47. The number of hydrogen-bond acceptors (Lipinski definition) is 3. The Labute approximate surface area is 115 Å². The molecule has 106 valence electrons. The zero-order valence-corrected chi connectivity index (χ0v) is 12.5. The summed E-state index contributed by atoms with van der Waals surface area (Å²) >= 11 is 0. The molecule has 1 aromatic carbocycles. The van der Waals surface area contributed by atoms with Crippen LogP contribution in [0.15, 0.2) is 23.1 Å². The van der Waals surface area contributed by atoms with Gasteiger partial charge in [-0.1, -0.05) is 6.07 Å². The van der Waals surface area contributed by atoms with E-state index in [1.807, 2.05) is 6.07 Å². The number of aliphatic hydroxyl groups excluding tert-OH is 1. The molecule has 1 aliphatic carbocycles. The average molecular weight is 283 g/mol. The highest BCUT2D eigenvalue weighted by molar-refractivity contribution is 7.89. The summed E-state index contributed by atoms with van der Waals surface area (Å²) in [5.74, 6) is 0. The lowest BCUT2D eigenvalue weighted by molar-refractivity contribution is 0.138. The van der Waals surface area contributed by atoms with Crippen LogP contribution in [0, 0.1) is 0 Å². The van der Waals surface area contributed by atoms with E-state index in [-0.39, 0.29) is 6.61 Å². The van der Waals surface area contributed by atoms with Gasteiger partial charge < -0.3 is 5.11 Å². The van der Waals surface area contributed by atoms with Crippen molar-refractivity contribution in [1.29, 1.82) is 0 Å². The van der Waals surface area contributed by atoms with Crippen LogP contribution in [0.1, 0.15) is 31.4 Å². The highest BCUT2D eigenvalue weighted by Crippen LogP contribution is 2.28. The van der Waals surface area contributed by atoms with E-state index in [4.69, 9.17) is 0 Å². The summed E-state index contributed by atoms with van der Waals surface area (Å²) < 4.78 is 26.4. The molecule has 5 heteroatoms. The van der Waals surface area contributed by atoms with E-state index >= 15 is 0 Å². The Hall–Kier alpha value is -0.910. The first kappa shape index (κ1) is 14.5. The van der Waals surface area contributed by atoms with Crippen LogP contribution in [-0.4, -0.2) is 37.0 Å². The molecule has 0 aliphatic heterocycles. The molecule has 0 saturated carbocycles. The number of fused-ring (bicyclic) bond motifs is 1. The second-order valence-corrected chi connectivity index (χ2v) is 7.70. The first-order chi connectivity index (χ1) is 8.79. The Balaban J connectivity index is 2.40. The van der Waals surface area contributed by atoms with Crippen molar-refractivity contribution in [2.24, 2.45) is 0 Å². The van der Waals surface area contributed by atoms with Gasteiger partial charge in [-0.2, -0.15) is 4.31 Å². The third-order valence-electron chi connectivity index (χ3n) is 3.97. The van der Waals surface area contributed by atoms with E-state index in [1.54, 1.807) is 26.0 Å². The van der Waals surface area contributed by atoms with Gasteiger partial charge in [-0.15, -0.1) is 0 Å². The fraction of sp³-hybridized carbons (Fsp3) is 0.571. The molecule has 1 N–H and O–H groups in total. The minimum Gasteiger partial charge on any atom is -0.394 e. The van der Waals surface area contributed by atoms with Gasteiger partial charge in [0, 0.05) is 7.05 Å². The van der Waals surface area contributed by atoms with Crippen LogP contribution in [0.25, 0.3) is 0 Å². The minimum atomic E-state index is -3.56. The number of benzene rings is 1. The lowest BCUT2D eigenvalue weighted by atomic mass is 10.1. The van der Waals surface area contributed by atoms with Crippen molar-refractivity contribution in [3.05, 3.63) is 29.3 Å². The number of hydrogen-bond donors (Lipinski definition) is 1. The van der Waals surface area contributed by atoms with E-state index in [9.17, 15) is 13.5 Å². The summed E-state index contributed by atoms with van der Waals surface area (Å²) in [6, 6.07) is 5.36. The van der Waals surface area contributed by atoms with Gasteiger partial charge >= 0.3 is 0 Å². The largest absolute Gasteiger partial charge is 0.394 e. The topological polar surface area (TPSA) is 57.6 Å². The Kier molecular flexibility index (Phi) is 3.73. The van der Waals surface area contributed by atoms with Gasteiger partial charge in [0.15, 0.2) is 0 Å². The van der Waals surface area contributed by atoms with Gasteiger partial charge in [0.2, 0.25) is 10.0 Å². The molecule has 0 heterocycles. The standard InChI is InChI=1S/C14H21NO3S/c1-14(2,10-16)15(3)19(17,18)13-8-7-11-5-4-6-12(11)9-13/h7-9,16H,4-6,10H2,1-3H3. The van der Waals surface area contributed by atoms with Crippen molar-refractivity contribution in [2.75, 3.05) is 13.7 Å². The van der Waals surface area contributed by atoms with Crippen molar-refractivity contribution in [1.82, 2.24) is 4.31 Å². The van der Waals surface area contributed by atoms with E-state index in [0.29, 0.717) is 4.90 Å². The molecule has 0 unspecified atom stereocenters. The molecule has 4 nitrogen and oxygen atoms in total. The number of aliphatic hydroxyl groups is 1. The predicted octanol–water partition coefficient (Wildman–Crippen LogP) is 1.57. The number of likely N-dealkylation sites (N-methyl/N-ethyl adjacent to an activating group) is 1. The highest BCUT2D eigenvalue weighted by atomic mass is 32.2. The van der Waals surface area contributed by atoms with E-state index in [2.05, 4.69) is 0 Å². The molecule has 2 rings (SSSR count). The molecule has 0 radical (unpaired) electrons. The Bertz CT molecular complexity index is 578. The zero-order valence-electron chi connectivity index (χ0n) is 11.7. The van der Waals surface area contributed by atoms with E-state index in [1.165, 1.54) is 16.9 Å². The van der Waals surface area contributed by atoms with Crippen molar-refractivity contribution >= 4 is 10.0 Å². The van der Waals surface area contributed by atoms with E-state index in [0.717, 1.165) is 24.8 Å². The smallest absolute Gasteiger partial charge is 0.243 e. The third kappa shape index (κ3) is 2.55. The minimum absolute atomic E-state index is 0.215. The van der Waals surface area contributed by atoms with Crippen molar-refractivity contribution < 1.29 is 13.5 Å². The van der Waals surface area contributed by atoms with Gasteiger partial charge in [0.25, 0.3) is 0 Å². The maximum atomic E-state index is 12.6. The first-order valence-corrected chi connectivity index (χ1v) is 7.95. The highest BCUT2D eigenvalue weighted by Gasteiger charge is 2.33. The Morgan fingerprint density at radius 2 is 1.89 bits per heavy atom. The van der Waals surface area contributed by atoms with Gasteiger partial charge in [-0.3, -0.25) is 0 Å². The summed E-state index contributed by atoms with van der Waals surface area (Å²) in [4.78, 5) is 0.317. The molecule has 1 aromatic rings. The normalized spacial score (nSPS) is 15.8. The first-order valence-electron chi connectivity index (χ1n) is 6.51. The van der Waals surface area contributed by atoms with E-state index < -0.39 is 15.6 Å². The summed E-state index contributed by atoms with van der Waals surface area (Å²) in [6.45, 7) is 3.20. The van der Waals surface area contributed by atoms with Gasteiger partial charge in [0.1, 0.15) is 0 Å². The summed E-state index contributed by atoms with van der Waals surface area (Å²) in [7, 11) is -2.04. The molecule has 0 atom stereocenters. The maximum absolute atomic E-state index is 12.6. The Morgan fingerprint density at radius 1 is 1.26 bits per heavy atom. The second-order valence-electron chi connectivity index (χ2n) is 5.73. The number of aryl methyl sites for hydroxylation is 2. The monoisotopic (exact) mass is 283 g/mol. The molecular formula is C14H21NO3S. The summed E-state index contributed by atoms with van der Waals surface area (Å²) in [5, 5.41) is 9.32. The van der Waals surface area contributed by atoms with Crippen molar-refractivity contribution in [3.8, 4) is 0 Å². The van der Waals surface area contributed by atoms with Crippen LogP contribution in [0.3, 0.4) is 0 Å². The average Bonchev–Trinajstić information content (AvgIpc) is 2.84. The molecule has 19 heavy (non-hydrogen) atoms. The molecule has 0 aromatic heterocycles. The van der Waals surface area contributed by atoms with Crippen LogP contribution < -0.4 is 0 Å². The fourth-order valence-corrected chi connectivity index (χ4v) is 3.85. The SMILES string of the molecule is CN(C(C)(C)CO)S(=O)(=O)c1ccc2c(c1)CCC2. The van der Waals surface area contributed by atoms with Crippen LogP contribution in [0.4, 0.5) is 0 Å². The predicted molar refractivity (Wildman–Crippen MR) is 74.6 cm³/mol. The van der Waals surface area contributed by atoms with Gasteiger partial charge in [-0.05, 0) is 56.4 Å². The lowest BCUT2D eigenvalue weighted by Gasteiger charge is -2.32. The quantitative estimate of drug-likeness (QED) is 0.912. The Morgan fingerprint density at radius 3 is 2.53 bits per heavy atom. The van der Waals surface area contributed by atoms with Crippen molar-refractivity contribution in [2.45, 2.75) is 43.5 Å². The summed E-state index contributed by atoms with van der Waals surface area (Å²) in [6.07, 6.45) is 3.08. The van der Waals surface area contributed by atoms with Crippen molar-refractivity contribution in [3.63, 3.8) is 0 Å². The van der Waals surface area contributed by atoms with Crippen LogP contribution >= 0.6 is 0 Å². The number of nitrogens with zero attached hydrogens (tertiary/aromatic N) is 1. The number of rotatable bonds is 4. The summed E-state index contributed by atoms with van der Waals surface area (Å²) in [5.41, 5.74) is 1.58. The molecule has 0 bridgehead atoms. The third-order valence-corrected chi connectivity index (χ3v) is 6.03. The molecule has 1 aliphatic rings. The fourth-order valence-electron chi connectivity index (χ4n) is 2.29. The molecule has 0 amide bonds. The maximum Gasteiger partial charge on any atom is 0.243 e. The molecule has 0 saturated heterocycles. The molecule has 0 fully saturated rings. The van der Waals surface area contributed by atoms with Crippen LogP contribution in [-0.2, 0) is 22.9 Å².